The number of hydrogen-bond donors (Lipinski definition) is 0. The SMILES string of the molecule is CC(C)c1nc2c(c(-c3[c-]cc(C(C)C)c4ccccc34)n1)C(C)(C)c1ccc3ccccc3c1-2.CCC(CC)C(=O)/C=C(\[N-]C(C)C)C(CC)CC.[Ir]. The van der Waals surface area contributed by atoms with E-state index in [1.165, 1.54) is 43.8 Å². The van der Waals surface area contributed by atoms with E-state index in [9.17, 15) is 4.79 Å². The molecule has 0 saturated carbocycles. The molecule has 0 fully saturated rings. The molecule has 5 aromatic rings. The molecule has 5 heteroatoms. The molecule has 1 aliphatic carbocycles. The van der Waals surface area contributed by atoms with E-state index >= 15 is 0 Å². The molecule has 6 rings (SSSR count). The molecule has 4 aromatic carbocycles. The number of aromatic nitrogens is 2. The third-order valence-electron chi connectivity index (χ3n) is 11.1. The van der Waals surface area contributed by atoms with Crippen LogP contribution in [-0.2, 0) is 30.3 Å². The average molecular weight is 900 g/mol. The van der Waals surface area contributed by atoms with Gasteiger partial charge in [0.05, 0.1) is 5.69 Å². The molecule has 0 saturated heterocycles. The summed E-state index contributed by atoms with van der Waals surface area (Å²) in [5.41, 5.74) is 9.10. The van der Waals surface area contributed by atoms with Gasteiger partial charge >= 0.3 is 0 Å². The Labute approximate surface area is 339 Å². The zero-order valence-corrected chi connectivity index (χ0v) is 37.1. The smallest absolute Gasteiger partial charge is 0.157 e. The van der Waals surface area contributed by atoms with Crippen molar-refractivity contribution in [1.29, 1.82) is 0 Å². The van der Waals surface area contributed by atoms with Gasteiger partial charge in [0, 0.05) is 42.9 Å². The predicted molar refractivity (Wildman–Crippen MR) is 227 cm³/mol. The van der Waals surface area contributed by atoms with E-state index in [2.05, 4.69) is 161 Å². The summed E-state index contributed by atoms with van der Waals surface area (Å²) < 4.78 is 0. The van der Waals surface area contributed by atoms with Gasteiger partial charge in [0.25, 0.3) is 0 Å². The minimum Gasteiger partial charge on any atom is -0.685 e. The molecule has 0 aliphatic heterocycles. The van der Waals surface area contributed by atoms with Gasteiger partial charge in [0.2, 0.25) is 0 Å². The zero-order valence-electron chi connectivity index (χ0n) is 34.7. The van der Waals surface area contributed by atoms with E-state index in [0.717, 1.165) is 54.2 Å². The molecule has 0 N–H and O–H groups in total. The van der Waals surface area contributed by atoms with Gasteiger partial charge < -0.3 is 5.32 Å². The van der Waals surface area contributed by atoms with E-state index in [-0.39, 0.29) is 49.2 Å². The van der Waals surface area contributed by atoms with Crippen molar-refractivity contribution >= 4 is 27.3 Å². The summed E-state index contributed by atoms with van der Waals surface area (Å²) in [6.45, 7) is 26.1. The Balaban J connectivity index is 0.000000294. The molecule has 1 aliphatic rings. The molecule has 1 radical (unpaired) electrons. The first-order valence-electron chi connectivity index (χ1n) is 20.1. The Morgan fingerprint density at radius 2 is 1.31 bits per heavy atom. The van der Waals surface area contributed by atoms with Crippen molar-refractivity contribution in [1.82, 2.24) is 9.97 Å². The normalized spacial score (nSPS) is 13.4. The van der Waals surface area contributed by atoms with Crippen LogP contribution in [0, 0.1) is 17.9 Å². The largest absolute Gasteiger partial charge is 0.685 e. The fourth-order valence-electron chi connectivity index (χ4n) is 8.02. The maximum atomic E-state index is 12.2. The molecular formula is C49H61IrN3O-2. The monoisotopic (exact) mass is 900 g/mol. The fraction of sp³-hybridized carbons (Fsp3) is 0.449. The van der Waals surface area contributed by atoms with Gasteiger partial charge in [0.1, 0.15) is 5.82 Å². The predicted octanol–water partition coefficient (Wildman–Crippen LogP) is 13.9. The van der Waals surface area contributed by atoms with E-state index < -0.39 is 0 Å². The number of rotatable bonds is 12. The van der Waals surface area contributed by atoms with Crippen molar-refractivity contribution in [3.8, 4) is 22.5 Å². The van der Waals surface area contributed by atoms with Crippen LogP contribution in [0.25, 0.3) is 49.4 Å². The summed E-state index contributed by atoms with van der Waals surface area (Å²) >= 11 is 0. The van der Waals surface area contributed by atoms with Gasteiger partial charge in [-0.1, -0.05) is 173 Å². The van der Waals surface area contributed by atoms with Crippen molar-refractivity contribution in [2.45, 2.75) is 132 Å². The van der Waals surface area contributed by atoms with Crippen LogP contribution in [0.3, 0.4) is 0 Å². The number of fused-ring (bicyclic) bond motifs is 6. The van der Waals surface area contributed by atoms with Crippen LogP contribution in [0.15, 0.2) is 78.5 Å². The third-order valence-corrected chi connectivity index (χ3v) is 11.1. The third kappa shape index (κ3) is 8.58. The maximum absolute atomic E-state index is 12.2. The topological polar surface area (TPSA) is 57.0 Å². The van der Waals surface area contributed by atoms with E-state index in [4.69, 9.17) is 9.97 Å². The number of carbonyl (C=O) groups is 1. The molecule has 1 aromatic heterocycles. The Hall–Kier alpha value is -3.66. The number of carbonyl (C=O) groups excluding carboxylic acids is 1. The fourth-order valence-corrected chi connectivity index (χ4v) is 8.02. The van der Waals surface area contributed by atoms with Gasteiger partial charge in [-0.05, 0) is 52.4 Å². The Bertz CT molecular complexity index is 2100. The summed E-state index contributed by atoms with van der Waals surface area (Å²) in [7, 11) is 0. The Morgan fingerprint density at radius 1 is 0.741 bits per heavy atom. The molecule has 0 bridgehead atoms. The van der Waals surface area contributed by atoms with Crippen molar-refractivity contribution in [3.05, 3.63) is 112 Å². The molecule has 0 amide bonds. The Morgan fingerprint density at radius 3 is 1.89 bits per heavy atom. The van der Waals surface area contributed by atoms with Crippen LogP contribution < -0.4 is 0 Å². The number of ketones is 1. The number of hydrogen-bond acceptors (Lipinski definition) is 3. The van der Waals surface area contributed by atoms with Gasteiger partial charge in [-0.15, -0.1) is 29.3 Å². The molecule has 289 valence electrons. The molecule has 0 atom stereocenters. The van der Waals surface area contributed by atoms with Crippen LogP contribution in [0.1, 0.15) is 143 Å². The first-order chi connectivity index (χ1) is 25.3. The second-order valence-corrected chi connectivity index (χ2v) is 16.2. The maximum Gasteiger partial charge on any atom is 0.157 e. The van der Waals surface area contributed by atoms with Crippen LogP contribution in [-0.4, -0.2) is 21.8 Å². The number of benzene rings is 4. The van der Waals surface area contributed by atoms with Crippen LogP contribution in [0.5, 0.6) is 0 Å². The first kappa shape index (κ1) is 43.1. The van der Waals surface area contributed by atoms with Gasteiger partial charge in [-0.25, -0.2) is 4.98 Å². The molecule has 0 unspecified atom stereocenters. The van der Waals surface area contributed by atoms with Crippen molar-refractivity contribution in [2.75, 3.05) is 0 Å². The summed E-state index contributed by atoms with van der Waals surface area (Å²) in [6.07, 6.45) is 5.76. The number of nitrogens with zero attached hydrogens (tertiary/aromatic N) is 3. The Kier molecular flexibility index (Phi) is 14.6. The second kappa shape index (κ2) is 18.3. The molecule has 0 spiro atoms. The van der Waals surface area contributed by atoms with Gasteiger partial charge in [-0.3, -0.25) is 9.78 Å². The molecule has 54 heavy (non-hydrogen) atoms. The summed E-state index contributed by atoms with van der Waals surface area (Å²) in [6, 6.07) is 28.0. The van der Waals surface area contributed by atoms with Crippen LogP contribution in [0.2, 0.25) is 0 Å². The van der Waals surface area contributed by atoms with Crippen LogP contribution >= 0.6 is 0 Å². The molecular weight excluding hydrogens is 839 g/mol. The zero-order chi connectivity index (χ0) is 38.6. The first-order valence-corrected chi connectivity index (χ1v) is 20.1. The minimum atomic E-state index is -0.217. The minimum absolute atomic E-state index is 0. The van der Waals surface area contributed by atoms with Crippen molar-refractivity contribution < 1.29 is 24.9 Å². The number of allylic oxidation sites excluding steroid dienone is 2. The summed E-state index contributed by atoms with van der Waals surface area (Å²) in [5, 5.41) is 9.66. The van der Waals surface area contributed by atoms with E-state index in [1.807, 2.05) is 6.08 Å². The van der Waals surface area contributed by atoms with Crippen LogP contribution in [0.4, 0.5) is 0 Å². The standard InChI is InChI=1S/C33H31N2.C16H31NO.Ir/c1-19(2)22-16-17-26(25-14-10-9-13-24(22)25)30-29-31(35-32(34-30)20(3)4)28-23-12-8-7-11-21(23)15-18-27(28)33(29,5)6;1-7-13(8-2)15(17-12(5)6)11-16(18)14(9-3)10-4;/h7-16,18-20H,1-6H3;11-14H,7-10H2,1-6H3,(H,17,18);/q-1;;/p-1. The molecule has 4 nitrogen and oxygen atoms in total. The van der Waals surface area contributed by atoms with Gasteiger partial charge in [-0.2, -0.15) is 5.70 Å². The van der Waals surface area contributed by atoms with Crippen molar-refractivity contribution in [2.24, 2.45) is 11.8 Å². The second-order valence-electron chi connectivity index (χ2n) is 16.2. The molecule has 1 heterocycles. The van der Waals surface area contributed by atoms with E-state index in [0.29, 0.717) is 11.8 Å². The van der Waals surface area contributed by atoms with Gasteiger partial charge in [0.15, 0.2) is 5.78 Å². The van der Waals surface area contributed by atoms with Crippen molar-refractivity contribution in [3.63, 3.8) is 0 Å². The average Bonchev–Trinajstić information content (AvgIpc) is 3.38. The summed E-state index contributed by atoms with van der Waals surface area (Å²) in [5.74, 6) is 2.39. The quantitative estimate of drug-likeness (QED) is 0.0926. The summed E-state index contributed by atoms with van der Waals surface area (Å²) in [4.78, 5) is 22.7. The van der Waals surface area contributed by atoms with E-state index in [1.54, 1.807) is 0 Å².